The minimum absolute atomic E-state index is 0.00117. The zero-order valence-corrected chi connectivity index (χ0v) is 27.2. The van der Waals surface area contributed by atoms with Crippen LogP contribution in [0.15, 0.2) is 36.7 Å². The van der Waals surface area contributed by atoms with Crippen LogP contribution in [0.3, 0.4) is 0 Å². The second kappa shape index (κ2) is 11.8. The number of piperidine rings is 1. The maximum Gasteiger partial charge on any atom is 0.416 e. The Balaban J connectivity index is 0.951. The minimum Gasteiger partial charge on any atom is -0.453 e. The number of ether oxygens (including phenoxy) is 2. The molecule has 2 saturated heterocycles. The smallest absolute Gasteiger partial charge is 0.416 e. The highest BCUT2D eigenvalue weighted by atomic mass is 35.5. The number of imide groups is 2. The number of halogens is 4. The molecule has 0 bridgehead atoms. The number of benzene rings is 2. The first-order valence-electron chi connectivity index (χ1n) is 16.0. The molecule has 1 aliphatic carbocycles. The fourth-order valence-electron chi connectivity index (χ4n) is 6.90. The van der Waals surface area contributed by atoms with Gasteiger partial charge in [0.2, 0.25) is 18.6 Å². The summed E-state index contributed by atoms with van der Waals surface area (Å²) in [6, 6.07) is 3.19. The largest absolute Gasteiger partial charge is 0.453 e. The van der Waals surface area contributed by atoms with Crippen molar-refractivity contribution in [1.29, 1.82) is 0 Å². The third-order valence-electron chi connectivity index (χ3n) is 9.84. The number of fused-ring (bicyclic) bond motifs is 3. The van der Waals surface area contributed by atoms with Gasteiger partial charge in [-0.2, -0.15) is 18.3 Å². The number of aromatic nitrogens is 2. The van der Waals surface area contributed by atoms with Crippen molar-refractivity contribution >= 4 is 52.5 Å². The molecule has 1 unspecified atom stereocenters. The average Bonchev–Trinajstić information content (AvgIpc) is 3.76. The van der Waals surface area contributed by atoms with Crippen LogP contribution in [-0.4, -0.2) is 70.1 Å². The lowest BCUT2D eigenvalue weighted by Crippen LogP contribution is -2.54. The molecule has 8 rings (SSSR count). The van der Waals surface area contributed by atoms with Crippen molar-refractivity contribution in [3.8, 4) is 23.3 Å². The normalized spacial score (nSPS) is 20.7. The second-order valence-electron chi connectivity index (χ2n) is 12.9. The van der Waals surface area contributed by atoms with Gasteiger partial charge in [-0.25, -0.2) is 0 Å². The van der Waals surface area contributed by atoms with Crippen molar-refractivity contribution in [3.05, 3.63) is 63.9 Å². The first-order valence-corrected chi connectivity index (χ1v) is 16.4. The summed E-state index contributed by atoms with van der Waals surface area (Å²) in [5.74, 6) is 3.69. The van der Waals surface area contributed by atoms with Crippen LogP contribution in [0, 0.1) is 17.8 Å². The predicted octanol–water partition coefficient (Wildman–Crippen LogP) is 3.69. The van der Waals surface area contributed by atoms with E-state index in [0.29, 0.717) is 42.9 Å². The first kappa shape index (κ1) is 32.6. The van der Waals surface area contributed by atoms with E-state index < -0.39 is 52.9 Å². The lowest BCUT2D eigenvalue weighted by Gasteiger charge is -2.40. The number of alkyl halides is 3. The molecule has 5 amide bonds. The van der Waals surface area contributed by atoms with Crippen LogP contribution in [0.2, 0.25) is 5.02 Å². The van der Waals surface area contributed by atoms with Gasteiger partial charge in [0.1, 0.15) is 11.6 Å². The molecular formula is C34H26ClF3N6O7. The number of nitrogens with one attached hydrogen (secondary N) is 2. The molecule has 262 valence electrons. The molecule has 1 atom stereocenters. The van der Waals surface area contributed by atoms with Gasteiger partial charge in [-0.3, -0.25) is 38.9 Å². The Bertz CT molecular complexity index is 2130. The van der Waals surface area contributed by atoms with Gasteiger partial charge in [-0.1, -0.05) is 23.4 Å². The van der Waals surface area contributed by atoms with E-state index in [1.165, 1.54) is 10.9 Å². The van der Waals surface area contributed by atoms with Crippen molar-refractivity contribution in [1.82, 2.24) is 20.0 Å². The Hall–Kier alpha value is -5.56. The third-order valence-corrected chi connectivity index (χ3v) is 10.2. The van der Waals surface area contributed by atoms with E-state index in [1.807, 2.05) is 4.90 Å². The van der Waals surface area contributed by atoms with Crippen LogP contribution in [-0.2, 0) is 26.1 Å². The fraction of sp³-hybridized carbons (Fsp3) is 0.353. The molecule has 51 heavy (non-hydrogen) atoms. The highest BCUT2D eigenvalue weighted by molar-refractivity contribution is 6.34. The van der Waals surface area contributed by atoms with Crippen LogP contribution >= 0.6 is 11.6 Å². The Labute approximate surface area is 292 Å². The van der Waals surface area contributed by atoms with E-state index in [2.05, 4.69) is 27.6 Å². The summed E-state index contributed by atoms with van der Waals surface area (Å²) < 4.78 is 52.0. The molecule has 5 heterocycles. The van der Waals surface area contributed by atoms with E-state index in [-0.39, 0.29) is 53.1 Å². The summed E-state index contributed by atoms with van der Waals surface area (Å²) in [5.41, 5.74) is -0.677. The third kappa shape index (κ3) is 5.34. The standard InChI is InChI=1S/C34H26ClF3N6O7/c35-21-10-19(34(36,37)38)4-5-22(21)40-32(49)33(8-1-9-33)43-15-17(12-39-43)2-3-18-13-42(14-18)24-11-20-26(28-27(24)50-16-51-28)31(48)44(30(20)47)23-6-7-25(45)41-29(23)46/h4-5,10-12,15,18,23H,1,6-9,13-14,16H2,(H,40,49)(H,41,45,46). The van der Waals surface area contributed by atoms with Crippen LogP contribution in [0.5, 0.6) is 11.5 Å². The Morgan fingerprint density at radius 3 is 2.53 bits per heavy atom. The number of carbonyl (C=O) groups is 5. The summed E-state index contributed by atoms with van der Waals surface area (Å²) in [5, 5.41) is 8.99. The van der Waals surface area contributed by atoms with Crippen molar-refractivity contribution < 1.29 is 46.6 Å². The predicted molar refractivity (Wildman–Crippen MR) is 171 cm³/mol. The maximum atomic E-state index is 13.5. The van der Waals surface area contributed by atoms with E-state index in [9.17, 15) is 37.1 Å². The first-order chi connectivity index (χ1) is 24.3. The number of rotatable bonds is 5. The zero-order chi connectivity index (χ0) is 35.8. The summed E-state index contributed by atoms with van der Waals surface area (Å²) >= 11 is 6.06. The molecule has 2 N–H and O–H groups in total. The van der Waals surface area contributed by atoms with Gasteiger partial charge in [0.15, 0.2) is 11.5 Å². The second-order valence-corrected chi connectivity index (χ2v) is 13.3. The average molecular weight is 723 g/mol. The summed E-state index contributed by atoms with van der Waals surface area (Å²) in [4.78, 5) is 67.2. The number of amides is 5. The molecule has 17 heteroatoms. The molecule has 13 nitrogen and oxygen atoms in total. The van der Waals surface area contributed by atoms with E-state index >= 15 is 0 Å². The summed E-state index contributed by atoms with van der Waals surface area (Å²) in [6.45, 7) is 0.778. The van der Waals surface area contributed by atoms with E-state index in [4.69, 9.17) is 21.1 Å². The summed E-state index contributed by atoms with van der Waals surface area (Å²) in [6.07, 6.45) is 0.355. The molecule has 0 radical (unpaired) electrons. The molecule has 4 aliphatic heterocycles. The molecule has 0 spiro atoms. The van der Waals surface area contributed by atoms with Gasteiger partial charge in [-0.15, -0.1) is 0 Å². The van der Waals surface area contributed by atoms with Crippen LogP contribution in [0.4, 0.5) is 24.5 Å². The Morgan fingerprint density at radius 1 is 1.08 bits per heavy atom. The van der Waals surface area contributed by atoms with E-state index in [1.54, 1.807) is 12.3 Å². The lowest BCUT2D eigenvalue weighted by molar-refractivity contribution is -0.138. The number of anilines is 2. The molecule has 5 aliphatic rings. The molecule has 3 fully saturated rings. The minimum atomic E-state index is -4.57. The molecule has 2 aromatic carbocycles. The topological polar surface area (TPSA) is 152 Å². The molecule has 1 aromatic heterocycles. The Morgan fingerprint density at radius 2 is 1.84 bits per heavy atom. The SMILES string of the molecule is O=C1CCC(N2C(=O)c3cc(N4CC(C#Cc5cnn(C6(C(=O)Nc7ccc(C(F)(F)F)cc7Cl)CCC6)c5)C4)c4c(c3C2=O)OCO4)C(=O)N1. The van der Waals surface area contributed by atoms with Crippen molar-refractivity contribution in [2.75, 3.05) is 30.1 Å². The molecule has 3 aromatic rings. The molecular weight excluding hydrogens is 697 g/mol. The van der Waals surface area contributed by atoms with Crippen LogP contribution in [0.1, 0.15) is 63.9 Å². The summed E-state index contributed by atoms with van der Waals surface area (Å²) in [7, 11) is 0. The van der Waals surface area contributed by atoms with Crippen LogP contribution < -0.4 is 25.0 Å². The maximum absolute atomic E-state index is 13.5. The highest BCUT2D eigenvalue weighted by Gasteiger charge is 2.49. The van der Waals surface area contributed by atoms with Crippen molar-refractivity contribution in [2.24, 2.45) is 5.92 Å². The van der Waals surface area contributed by atoms with Gasteiger partial charge >= 0.3 is 6.18 Å². The lowest BCUT2D eigenvalue weighted by atomic mass is 9.76. The van der Waals surface area contributed by atoms with Crippen LogP contribution in [0.25, 0.3) is 0 Å². The van der Waals surface area contributed by atoms with Crippen molar-refractivity contribution in [3.63, 3.8) is 0 Å². The number of nitrogens with zero attached hydrogens (tertiary/aromatic N) is 4. The van der Waals surface area contributed by atoms with Gasteiger partial charge in [-0.05, 0) is 49.9 Å². The van der Waals surface area contributed by atoms with E-state index in [0.717, 1.165) is 29.5 Å². The van der Waals surface area contributed by atoms with Gasteiger partial charge < -0.3 is 19.7 Å². The zero-order valence-electron chi connectivity index (χ0n) is 26.4. The monoisotopic (exact) mass is 722 g/mol. The van der Waals surface area contributed by atoms with Crippen molar-refractivity contribution in [2.45, 2.75) is 49.9 Å². The number of hydrogen-bond donors (Lipinski definition) is 2. The van der Waals surface area contributed by atoms with Gasteiger partial charge in [0, 0.05) is 25.7 Å². The van der Waals surface area contributed by atoms with Gasteiger partial charge in [0.05, 0.1) is 50.8 Å². The van der Waals surface area contributed by atoms with Gasteiger partial charge in [0.25, 0.3) is 17.7 Å². The fourth-order valence-corrected chi connectivity index (χ4v) is 7.13. The number of hydrogen-bond acceptors (Lipinski definition) is 9. The highest BCUT2D eigenvalue weighted by Crippen LogP contribution is 2.50. The number of carbonyl (C=O) groups excluding carboxylic acids is 5. The quantitative estimate of drug-likeness (QED) is 0.297. The Kier molecular flexibility index (Phi) is 7.53. The molecule has 1 saturated carbocycles.